The van der Waals surface area contributed by atoms with Crippen molar-refractivity contribution in [2.24, 2.45) is 11.3 Å². The molecule has 1 N–H and O–H groups in total. The Bertz CT molecular complexity index is 433. The molecule has 0 bridgehead atoms. The molecule has 1 fully saturated rings. The predicted molar refractivity (Wildman–Crippen MR) is 87.4 cm³/mol. The van der Waals surface area contributed by atoms with Crippen LogP contribution in [0.2, 0.25) is 0 Å². The Morgan fingerprint density at radius 2 is 2.05 bits per heavy atom. The Morgan fingerprint density at radius 1 is 1.33 bits per heavy atom. The summed E-state index contributed by atoms with van der Waals surface area (Å²) in [6, 6.07) is 2.01. The van der Waals surface area contributed by atoms with Crippen molar-refractivity contribution in [1.82, 2.24) is 10.3 Å². The van der Waals surface area contributed by atoms with E-state index in [1.165, 1.54) is 18.4 Å². The van der Waals surface area contributed by atoms with Crippen LogP contribution in [0.15, 0.2) is 18.5 Å². The van der Waals surface area contributed by atoms with Gasteiger partial charge in [0.2, 0.25) is 0 Å². The zero-order valence-corrected chi connectivity index (χ0v) is 14.0. The van der Waals surface area contributed by atoms with Crippen molar-refractivity contribution in [3.05, 3.63) is 24.0 Å². The van der Waals surface area contributed by atoms with E-state index in [0.29, 0.717) is 17.4 Å². The van der Waals surface area contributed by atoms with E-state index in [4.69, 9.17) is 4.74 Å². The van der Waals surface area contributed by atoms with Gasteiger partial charge < -0.3 is 10.1 Å². The fourth-order valence-electron chi connectivity index (χ4n) is 2.83. The van der Waals surface area contributed by atoms with Crippen LogP contribution in [-0.4, -0.2) is 17.6 Å². The SMILES string of the molecule is CC(C)CNCc1cnccc1OC1CCC(C)(C)CC1. The molecular formula is C18H30N2O. The van der Waals surface area contributed by atoms with Gasteiger partial charge in [-0.15, -0.1) is 0 Å². The molecule has 3 nitrogen and oxygen atoms in total. The molecule has 1 heterocycles. The zero-order chi connectivity index (χ0) is 15.3. The molecule has 1 aromatic rings. The third-order valence-corrected chi connectivity index (χ3v) is 4.31. The number of rotatable bonds is 6. The summed E-state index contributed by atoms with van der Waals surface area (Å²) in [7, 11) is 0. The summed E-state index contributed by atoms with van der Waals surface area (Å²) in [5, 5.41) is 3.47. The molecule has 0 saturated heterocycles. The zero-order valence-electron chi connectivity index (χ0n) is 14.0. The molecule has 1 aliphatic rings. The highest BCUT2D eigenvalue weighted by atomic mass is 16.5. The number of nitrogens with zero attached hydrogens (tertiary/aromatic N) is 1. The van der Waals surface area contributed by atoms with E-state index >= 15 is 0 Å². The molecular weight excluding hydrogens is 260 g/mol. The minimum absolute atomic E-state index is 0.365. The molecule has 0 atom stereocenters. The molecule has 0 aliphatic heterocycles. The molecule has 118 valence electrons. The maximum atomic E-state index is 6.26. The fraction of sp³-hybridized carbons (Fsp3) is 0.722. The minimum atomic E-state index is 0.365. The van der Waals surface area contributed by atoms with Crippen molar-refractivity contribution in [2.45, 2.75) is 66.0 Å². The Kier molecular flexibility index (Phi) is 5.63. The second-order valence-electron chi connectivity index (χ2n) is 7.49. The van der Waals surface area contributed by atoms with Crippen LogP contribution in [0.3, 0.4) is 0 Å². The van der Waals surface area contributed by atoms with Gasteiger partial charge in [-0.1, -0.05) is 27.7 Å². The van der Waals surface area contributed by atoms with Crippen molar-refractivity contribution >= 4 is 0 Å². The first-order valence-corrected chi connectivity index (χ1v) is 8.26. The third-order valence-electron chi connectivity index (χ3n) is 4.31. The van der Waals surface area contributed by atoms with Crippen molar-refractivity contribution in [1.29, 1.82) is 0 Å². The molecule has 0 amide bonds. The Labute approximate surface area is 129 Å². The number of hydrogen-bond donors (Lipinski definition) is 1. The van der Waals surface area contributed by atoms with Crippen molar-refractivity contribution in [2.75, 3.05) is 6.54 Å². The number of aromatic nitrogens is 1. The van der Waals surface area contributed by atoms with Gasteiger partial charge in [0.1, 0.15) is 5.75 Å². The largest absolute Gasteiger partial charge is 0.490 e. The van der Waals surface area contributed by atoms with E-state index in [9.17, 15) is 0 Å². The average Bonchev–Trinajstić information content (AvgIpc) is 2.42. The highest BCUT2D eigenvalue weighted by Crippen LogP contribution is 2.36. The van der Waals surface area contributed by atoms with Crippen LogP contribution in [-0.2, 0) is 6.54 Å². The van der Waals surface area contributed by atoms with Crippen LogP contribution in [0.1, 0.15) is 58.9 Å². The van der Waals surface area contributed by atoms with Crippen LogP contribution < -0.4 is 10.1 Å². The highest BCUT2D eigenvalue weighted by Gasteiger charge is 2.28. The second-order valence-corrected chi connectivity index (χ2v) is 7.49. The van der Waals surface area contributed by atoms with Gasteiger partial charge in [0, 0.05) is 24.5 Å². The highest BCUT2D eigenvalue weighted by molar-refractivity contribution is 5.30. The van der Waals surface area contributed by atoms with Crippen molar-refractivity contribution in [3.8, 4) is 5.75 Å². The first-order chi connectivity index (χ1) is 9.96. The molecule has 0 aromatic carbocycles. The quantitative estimate of drug-likeness (QED) is 0.853. The topological polar surface area (TPSA) is 34.2 Å². The van der Waals surface area contributed by atoms with Crippen molar-refractivity contribution in [3.63, 3.8) is 0 Å². The van der Waals surface area contributed by atoms with E-state index < -0.39 is 0 Å². The lowest BCUT2D eigenvalue weighted by Crippen LogP contribution is -2.29. The summed E-state index contributed by atoms with van der Waals surface area (Å²) in [6.07, 6.45) is 8.95. The van der Waals surface area contributed by atoms with E-state index in [1.54, 1.807) is 0 Å². The van der Waals surface area contributed by atoms with E-state index in [1.807, 2.05) is 18.5 Å². The van der Waals surface area contributed by atoms with Crippen molar-refractivity contribution < 1.29 is 4.74 Å². The van der Waals surface area contributed by atoms with Crippen LogP contribution in [0.5, 0.6) is 5.75 Å². The lowest BCUT2D eigenvalue weighted by atomic mass is 9.76. The Morgan fingerprint density at radius 3 is 2.71 bits per heavy atom. The predicted octanol–water partition coefficient (Wildman–Crippen LogP) is 4.17. The fourth-order valence-corrected chi connectivity index (χ4v) is 2.83. The van der Waals surface area contributed by atoms with E-state index in [0.717, 1.165) is 31.7 Å². The number of pyridine rings is 1. The lowest BCUT2D eigenvalue weighted by molar-refractivity contribution is 0.0977. The smallest absolute Gasteiger partial charge is 0.127 e. The molecule has 0 spiro atoms. The molecule has 1 aliphatic carbocycles. The Balaban J connectivity index is 1.91. The van der Waals surface area contributed by atoms with Crippen LogP contribution in [0, 0.1) is 11.3 Å². The maximum Gasteiger partial charge on any atom is 0.127 e. The van der Waals surface area contributed by atoms with Gasteiger partial charge in [0.25, 0.3) is 0 Å². The summed E-state index contributed by atoms with van der Waals surface area (Å²) in [5.74, 6) is 1.66. The van der Waals surface area contributed by atoms with E-state index in [-0.39, 0.29) is 0 Å². The molecule has 1 aromatic heterocycles. The summed E-state index contributed by atoms with van der Waals surface area (Å²) in [6.45, 7) is 11.0. The van der Waals surface area contributed by atoms with Gasteiger partial charge in [-0.05, 0) is 49.6 Å². The molecule has 3 heteroatoms. The minimum Gasteiger partial charge on any atom is -0.490 e. The Hall–Kier alpha value is -1.09. The first kappa shape index (κ1) is 16.3. The lowest BCUT2D eigenvalue weighted by Gasteiger charge is -2.34. The summed E-state index contributed by atoms with van der Waals surface area (Å²) < 4.78 is 6.26. The third kappa shape index (κ3) is 5.31. The molecule has 21 heavy (non-hydrogen) atoms. The molecule has 0 radical (unpaired) electrons. The normalized spacial score (nSPS) is 18.9. The first-order valence-electron chi connectivity index (χ1n) is 8.26. The number of ether oxygens (including phenoxy) is 1. The molecule has 2 rings (SSSR count). The standard InChI is InChI=1S/C18H30N2O/c1-14(2)11-20-13-15-12-19-10-7-17(15)21-16-5-8-18(3,4)9-6-16/h7,10,12,14,16,20H,5-6,8-9,11,13H2,1-4H3. The van der Waals surface area contributed by atoms with Crippen LogP contribution in [0.4, 0.5) is 0 Å². The van der Waals surface area contributed by atoms with Gasteiger partial charge in [-0.25, -0.2) is 0 Å². The molecule has 0 unspecified atom stereocenters. The number of nitrogens with one attached hydrogen (secondary N) is 1. The summed E-state index contributed by atoms with van der Waals surface area (Å²) in [5.41, 5.74) is 1.66. The van der Waals surface area contributed by atoms with Gasteiger partial charge >= 0.3 is 0 Å². The van der Waals surface area contributed by atoms with Gasteiger partial charge in [-0.2, -0.15) is 0 Å². The number of hydrogen-bond acceptors (Lipinski definition) is 3. The van der Waals surface area contributed by atoms with Gasteiger partial charge in [0.15, 0.2) is 0 Å². The average molecular weight is 290 g/mol. The van der Waals surface area contributed by atoms with Crippen LogP contribution in [0.25, 0.3) is 0 Å². The maximum absolute atomic E-state index is 6.26. The van der Waals surface area contributed by atoms with Gasteiger partial charge in [-0.3, -0.25) is 4.98 Å². The summed E-state index contributed by atoms with van der Waals surface area (Å²) in [4.78, 5) is 4.24. The molecule has 1 saturated carbocycles. The monoisotopic (exact) mass is 290 g/mol. The van der Waals surface area contributed by atoms with Crippen LogP contribution >= 0.6 is 0 Å². The van der Waals surface area contributed by atoms with Gasteiger partial charge in [0.05, 0.1) is 6.10 Å². The summed E-state index contributed by atoms with van der Waals surface area (Å²) >= 11 is 0. The second kappa shape index (κ2) is 7.26. The van der Waals surface area contributed by atoms with E-state index in [2.05, 4.69) is 38.0 Å².